The number of rotatable bonds is 2. The smallest absolute Gasteiger partial charge is 0.261 e. The minimum Gasteiger partial charge on any atom is -0.265 e. The first-order chi connectivity index (χ1) is 7.43. The van der Waals surface area contributed by atoms with Gasteiger partial charge in [-0.05, 0) is 27.8 Å². The molecule has 1 aromatic rings. The van der Waals surface area contributed by atoms with E-state index in [2.05, 4.69) is 40.0 Å². The Morgan fingerprint density at radius 1 is 1.44 bits per heavy atom. The summed E-state index contributed by atoms with van der Waals surface area (Å²) in [5.41, 5.74) is 0. The van der Waals surface area contributed by atoms with E-state index in [0.29, 0.717) is 29.4 Å². The Labute approximate surface area is 103 Å². The molecule has 1 aliphatic rings. The highest BCUT2D eigenvalue weighted by atomic mass is 79.9. The lowest BCUT2D eigenvalue weighted by molar-refractivity contribution is 0.460. The molecule has 90 valence electrons. The van der Waals surface area contributed by atoms with Gasteiger partial charge in [-0.25, -0.2) is 8.42 Å². The van der Waals surface area contributed by atoms with Gasteiger partial charge in [0, 0.05) is 13.1 Å². The standard InChI is InChI=1S/C9H14BrN3O2S/c1-6-4-13(5-7(6)2)16(14,15)9-8(10)3-11-12-9/h3,6-7H,4-5H2,1-2H3,(H,11,12). The highest BCUT2D eigenvalue weighted by Gasteiger charge is 2.36. The molecule has 5 nitrogen and oxygen atoms in total. The Balaban J connectivity index is 2.31. The van der Waals surface area contributed by atoms with E-state index in [9.17, 15) is 8.42 Å². The van der Waals surface area contributed by atoms with Crippen molar-refractivity contribution in [2.75, 3.05) is 13.1 Å². The number of aromatic nitrogens is 2. The Hall–Kier alpha value is -0.400. The minimum absolute atomic E-state index is 0.147. The second-order valence-electron chi connectivity index (χ2n) is 4.32. The number of hydrogen-bond donors (Lipinski definition) is 1. The van der Waals surface area contributed by atoms with E-state index >= 15 is 0 Å². The minimum atomic E-state index is -3.42. The van der Waals surface area contributed by atoms with Crippen LogP contribution in [-0.2, 0) is 10.0 Å². The monoisotopic (exact) mass is 307 g/mol. The summed E-state index contributed by atoms with van der Waals surface area (Å²) in [6.07, 6.45) is 1.45. The van der Waals surface area contributed by atoms with E-state index in [0.717, 1.165) is 0 Å². The van der Waals surface area contributed by atoms with Crippen LogP contribution >= 0.6 is 15.9 Å². The fourth-order valence-corrected chi connectivity index (χ4v) is 4.24. The summed E-state index contributed by atoms with van der Waals surface area (Å²) in [5.74, 6) is 0.799. The Kier molecular flexibility index (Phi) is 3.11. The van der Waals surface area contributed by atoms with Crippen LogP contribution in [-0.4, -0.2) is 36.0 Å². The highest BCUT2D eigenvalue weighted by Crippen LogP contribution is 2.29. The molecule has 2 heterocycles. The van der Waals surface area contributed by atoms with Gasteiger partial charge < -0.3 is 0 Å². The Morgan fingerprint density at radius 3 is 2.44 bits per heavy atom. The molecule has 2 atom stereocenters. The van der Waals surface area contributed by atoms with Crippen LogP contribution in [0, 0.1) is 11.8 Å². The molecule has 0 bridgehead atoms. The predicted molar refractivity (Wildman–Crippen MR) is 63.4 cm³/mol. The maximum Gasteiger partial charge on any atom is 0.261 e. The molecular weight excluding hydrogens is 294 g/mol. The normalized spacial score (nSPS) is 27.4. The van der Waals surface area contributed by atoms with Crippen LogP contribution in [0.15, 0.2) is 15.7 Å². The zero-order valence-corrected chi connectivity index (χ0v) is 11.5. The van der Waals surface area contributed by atoms with Crippen molar-refractivity contribution in [1.29, 1.82) is 0 Å². The molecular formula is C9H14BrN3O2S. The average Bonchev–Trinajstić information content (AvgIpc) is 2.75. The van der Waals surface area contributed by atoms with E-state index in [1.807, 2.05) is 0 Å². The topological polar surface area (TPSA) is 66.1 Å². The van der Waals surface area contributed by atoms with Gasteiger partial charge >= 0.3 is 0 Å². The molecule has 0 amide bonds. The summed E-state index contributed by atoms with van der Waals surface area (Å²) in [6, 6.07) is 0. The molecule has 0 spiro atoms. The quantitative estimate of drug-likeness (QED) is 0.899. The van der Waals surface area contributed by atoms with Crippen molar-refractivity contribution in [2.24, 2.45) is 11.8 Å². The Morgan fingerprint density at radius 2 is 2.00 bits per heavy atom. The SMILES string of the molecule is CC1CN(S(=O)(=O)c2[nH]ncc2Br)CC1C. The predicted octanol–water partition coefficient (Wildman–Crippen LogP) is 1.45. The highest BCUT2D eigenvalue weighted by molar-refractivity contribution is 9.10. The molecule has 2 unspecified atom stereocenters. The van der Waals surface area contributed by atoms with Crippen molar-refractivity contribution in [2.45, 2.75) is 18.9 Å². The lowest BCUT2D eigenvalue weighted by Gasteiger charge is -2.14. The number of halogens is 1. The summed E-state index contributed by atoms with van der Waals surface area (Å²) >= 11 is 3.18. The molecule has 2 rings (SSSR count). The summed E-state index contributed by atoms with van der Waals surface area (Å²) < 4.78 is 26.5. The van der Waals surface area contributed by atoms with Crippen LogP contribution in [0.2, 0.25) is 0 Å². The maximum atomic E-state index is 12.2. The molecule has 0 aromatic carbocycles. The number of sulfonamides is 1. The van der Waals surface area contributed by atoms with Crippen LogP contribution in [0.1, 0.15) is 13.8 Å². The maximum absolute atomic E-state index is 12.2. The average molecular weight is 308 g/mol. The summed E-state index contributed by atoms with van der Waals surface area (Å²) in [7, 11) is -3.42. The second-order valence-corrected chi connectivity index (χ2v) is 7.05. The Bertz CT molecular complexity index is 475. The molecule has 16 heavy (non-hydrogen) atoms. The van der Waals surface area contributed by atoms with Gasteiger partial charge in [-0.1, -0.05) is 13.8 Å². The van der Waals surface area contributed by atoms with Crippen LogP contribution in [0.3, 0.4) is 0 Å². The molecule has 0 saturated carbocycles. The zero-order chi connectivity index (χ0) is 11.9. The number of aromatic amines is 1. The lowest BCUT2D eigenvalue weighted by atomic mass is 10.0. The van der Waals surface area contributed by atoms with Gasteiger partial charge in [0.25, 0.3) is 10.0 Å². The first-order valence-electron chi connectivity index (χ1n) is 5.12. The van der Waals surface area contributed by atoms with E-state index in [1.54, 1.807) is 0 Å². The molecule has 1 N–H and O–H groups in total. The summed E-state index contributed by atoms with van der Waals surface area (Å²) in [6.45, 7) is 5.30. The third kappa shape index (κ3) is 1.91. The largest absolute Gasteiger partial charge is 0.265 e. The van der Waals surface area contributed by atoms with Crippen LogP contribution in [0.5, 0.6) is 0 Å². The first kappa shape index (κ1) is 12.1. The van der Waals surface area contributed by atoms with Crippen molar-refractivity contribution in [1.82, 2.24) is 14.5 Å². The first-order valence-corrected chi connectivity index (χ1v) is 7.35. The molecule has 7 heteroatoms. The van der Waals surface area contributed by atoms with Gasteiger partial charge in [0.2, 0.25) is 0 Å². The molecule has 1 saturated heterocycles. The lowest BCUT2D eigenvalue weighted by Crippen LogP contribution is -2.29. The second kappa shape index (κ2) is 4.12. The third-order valence-electron chi connectivity index (χ3n) is 3.11. The van der Waals surface area contributed by atoms with Gasteiger partial charge in [0.15, 0.2) is 5.03 Å². The van der Waals surface area contributed by atoms with E-state index in [4.69, 9.17) is 0 Å². The molecule has 1 aromatic heterocycles. The molecule has 0 aliphatic carbocycles. The van der Waals surface area contributed by atoms with Gasteiger partial charge in [0.05, 0.1) is 10.7 Å². The number of H-pyrrole nitrogens is 1. The van der Waals surface area contributed by atoms with Crippen LogP contribution in [0.25, 0.3) is 0 Å². The zero-order valence-electron chi connectivity index (χ0n) is 9.14. The van der Waals surface area contributed by atoms with Gasteiger partial charge in [-0.2, -0.15) is 9.40 Å². The molecule has 1 fully saturated rings. The number of nitrogens with one attached hydrogen (secondary N) is 1. The van der Waals surface area contributed by atoms with Crippen LogP contribution in [0.4, 0.5) is 0 Å². The molecule has 1 aliphatic heterocycles. The van der Waals surface area contributed by atoms with Gasteiger partial charge in [-0.15, -0.1) is 0 Å². The van der Waals surface area contributed by atoms with Crippen molar-refractivity contribution in [3.8, 4) is 0 Å². The van der Waals surface area contributed by atoms with Crippen molar-refractivity contribution in [3.63, 3.8) is 0 Å². The molecule has 0 radical (unpaired) electrons. The summed E-state index contributed by atoms with van der Waals surface area (Å²) in [4.78, 5) is 0. The fraction of sp³-hybridized carbons (Fsp3) is 0.667. The van der Waals surface area contributed by atoms with Crippen molar-refractivity contribution < 1.29 is 8.42 Å². The van der Waals surface area contributed by atoms with Crippen LogP contribution < -0.4 is 0 Å². The fourth-order valence-electron chi connectivity index (χ4n) is 1.84. The van der Waals surface area contributed by atoms with E-state index in [1.165, 1.54) is 10.5 Å². The van der Waals surface area contributed by atoms with Gasteiger partial charge in [-0.3, -0.25) is 5.10 Å². The van der Waals surface area contributed by atoms with Crippen molar-refractivity contribution >= 4 is 26.0 Å². The van der Waals surface area contributed by atoms with E-state index in [-0.39, 0.29) is 5.03 Å². The van der Waals surface area contributed by atoms with Crippen molar-refractivity contribution in [3.05, 3.63) is 10.7 Å². The summed E-state index contributed by atoms with van der Waals surface area (Å²) in [5, 5.41) is 6.39. The third-order valence-corrected chi connectivity index (χ3v) is 5.78. The van der Waals surface area contributed by atoms with Gasteiger partial charge in [0.1, 0.15) is 0 Å². The number of hydrogen-bond acceptors (Lipinski definition) is 3. The number of nitrogens with zero attached hydrogens (tertiary/aromatic N) is 2. The van der Waals surface area contributed by atoms with E-state index < -0.39 is 10.0 Å².